The van der Waals surface area contributed by atoms with Gasteiger partial charge in [-0.3, -0.25) is 0 Å². The molecule has 0 aliphatic carbocycles. The van der Waals surface area contributed by atoms with Crippen LogP contribution in [-0.4, -0.2) is 0 Å². The van der Waals surface area contributed by atoms with Crippen molar-refractivity contribution in [2.75, 3.05) is 0 Å². The van der Waals surface area contributed by atoms with E-state index >= 15 is 0 Å². The first kappa shape index (κ1) is 16.8. The molecule has 0 radical (unpaired) electrons. The van der Waals surface area contributed by atoms with Crippen LogP contribution in [0.4, 0.5) is 0 Å². The van der Waals surface area contributed by atoms with Crippen LogP contribution in [0.5, 0.6) is 0 Å². The van der Waals surface area contributed by atoms with Gasteiger partial charge in [-0.05, 0) is 60.7 Å². The molecule has 0 aliphatic rings. The number of furan rings is 1. The summed E-state index contributed by atoms with van der Waals surface area (Å²) < 4.78 is 6.39. The van der Waals surface area contributed by atoms with E-state index in [4.69, 9.17) is 4.42 Å². The Morgan fingerprint density at radius 1 is 0.643 bits per heavy atom. The standard InChI is InChI=1S/C27H22O/c1-17-9-8-11-20(15-17)23-16-24-22-13-6-7-14-25(22)28-27(24)26(19(23)3)21-12-5-4-10-18(21)2/h4-16H,1-3H3. The Morgan fingerprint density at radius 3 is 2.25 bits per heavy atom. The Kier molecular flexibility index (Phi) is 3.84. The molecule has 0 fully saturated rings. The zero-order chi connectivity index (χ0) is 19.3. The second-order valence-electron chi connectivity index (χ2n) is 7.58. The van der Waals surface area contributed by atoms with Gasteiger partial charge in [-0.1, -0.05) is 72.3 Å². The zero-order valence-corrected chi connectivity index (χ0v) is 16.4. The molecule has 0 bridgehead atoms. The molecule has 1 heterocycles. The molecule has 0 N–H and O–H groups in total. The molecule has 0 saturated heterocycles. The molecule has 0 amide bonds. The fourth-order valence-electron chi connectivity index (χ4n) is 4.24. The summed E-state index contributed by atoms with van der Waals surface area (Å²) in [5.41, 5.74) is 10.6. The number of hydrogen-bond acceptors (Lipinski definition) is 1. The number of aryl methyl sites for hydroxylation is 2. The van der Waals surface area contributed by atoms with E-state index in [2.05, 4.69) is 93.6 Å². The van der Waals surface area contributed by atoms with E-state index in [-0.39, 0.29) is 0 Å². The maximum absolute atomic E-state index is 6.39. The Bertz CT molecular complexity index is 1340. The van der Waals surface area contributed by atoms with Crippen LogP contribution in [0.15, 0.2) is 83.3 Å². The third kappa shape index (κ3) is 2.55. The third-order valence-corrected chi connectivity index (χ3v) is 5.67. The molecule has 0 spiro atoms. The lowest BCUT2D eigenvalue weighted by Crippen LogP contribution is -1.92. The number of fused-ring (bicyclic) bond motifs is 3. The summed E-state index contributed by atoms with van der Waals surface area (Å²) in [6, 6.07) is 27.9. The first-order valence-corrected chi connectivity index (χ1v) is 9.71. The lowest BCUT2D eigenvalue weighted by molar-refractivity contribution is 0.669. The van der Waals surface area contributed by atoms with Crippen molar-refractivity contribution in [3.05, 3.63) is 95.6 Å². The van der Waals surface area contributed by atoms with Crippen LogP contribution in [0.1, 0.15) is 16.7 Å². The van der Waals surface area contributed by atoms with Gasteiger partial charge >= 0.3 is 0 Å². The summed E-state index contributed by atoms with van der Waals surface area (Å²) in [5, 5.41) is 2.34. The fourth-order valence-corrected chi connectivity index (χ4v) is 4.24. The van der Waals surface area contributed by atoms with Crippen molar-refractivity contribution in [1.29, 1.82) is 0 Å². The maximum atomic E-state index is 6.39. The van der Waals surface area contributed by atoms with E-state index in [1.807, 2.05) is 6.07 Å². The Hall–Kier alpha value is -3.32. The lowest BCUT2D eigenvalue weighted by atomic mass is 9.88. The molecular weight excluding hydrogens is 340 g/mol. The molecule has 5 aromatic rings. The highest BCUT2D eigenvalue weighted by atomic mass is 16.3. The number of hydrogen-bond donors (Lipinski definition) is 0. The van der Waals surface area contributed by atoms with Gasteiger partial charge < -0.3 is 4.42 Å². The smallest absolute Gasteiger partial charge is 0.143 e. The molecule has 28 heavy (non-hydrogen) atoms. The molecule has 1 nitrogen and oxygen atoms in total. The topological polar surface area (TPSA) is 13.1 Å². The van der Waals surface area contributed by atoms with Crippen LogP contribution >= 0.6 is 0 Å². The van der Waals surface area contributed by atoms with Crippen LogP contribution in [-0.2, 0) is 0 Å². The van der Waals surface area contributed by atoms with Gasteiger partial charge in [-0.15, -0.1) is 0 Å². The van der Waals surface area contributed by atoms with Gasteiger partial charge in [-0.2, -0.15) is 0 Å². The molecule has 4 aromatic carbocycles. The van der Waals surface area contributed by atoms with E-state index in [1.54, 1.807) is 0 Å². The van der Waals surface area contributed by atoms with E-state index in [9.17, 15) is 0 Å². The Labute approximate surface area is 165 Å². The summed E-state index contributed by atoms with van der Waals surface area (Å²) in [6.45, 7) is 6.53. The second-order valence-corrected chi connectivity index (χ2v) is 7.58. The third-order valence-electron chi connectivity index (χ3n) is 5.67. The summed E-state index contributed by atoms with van der Waals surface area (Å²) in [6.07, 6.45) is 0. The average molecular weight is 362 g/mol. The first-order chi connectivity index (χ1) is 13.6. The van der Waals surface area contributed by atoms with Gasteiger partial charge in [0.15, 0.2) is 0 Å². The minimum Gasteiger partial charge on any atom is -0.455 e. The van der Waals surface area contributed by atoms with Crippen LogP contribution < -0.4 is 0 Å². The Balaban J connectivity index is 1.96. The van der Waals surface area contributed by atoms with E-state index in [0.29, 0.717) is 0 Å². The molecule has 5 rings (SSSR count). The highest BCUT2D eigenvalue weighted by Crippen LogP contribution is 2.43. The molecule has 0 unspecified atom stereocenters. The lowest BCUT2D eigenvalue weighted by Gasteiger charge is -2.15. The van der Waals surface area contributed by atoms with Crippen molar-refractivity contribution in [2.24, 2.45) is 0 Å². The molecule has 0 aliphatic heterocycles. The predicted molar refractivity (Wildman–Crippen MR) is 119 cm³/mol. The molecule has 1 heteroatoms. The SMILES string of the molecule is Cc1cccc(-c2cc3c(oc4ccccc43)c(-c3ccccc3C)c2C)c1. The second kappa shape index (κ2) is 6.38. The van der Waals surface area contributed by atoms with Crippen LogP contribution in [0.3, 0.4) is 0 Å². The van der Waals surface area contributed by atoms with Crippen LogP contribution in [0.25, 0.3) is 44.2 Å². The van der Waals surface area contributed by atoms with Gasteiger partial charge in [0.2, 0.25) is 0 Å². The molecule has 1 aromatic heterocycles. The molecule has 0 atom stereocenters. The van der Waals surface area contributed by atoms with Crippen LogP contribution in [0.2, 0.25) is 0 Å². The fraction of sp³-hybridized carbons (Fsp3) is 0.111. The minimum atomic E-state index is 0.938. The van der Waals surface area contributed by atoms with Crippen molar-refractivity contribution < 1.29 is 4.42 Å². The molecular formula is C27H22O. The van der Waals surface area contributed by atoms with Gasteiger partial charge in [0.25, 0.3) is 0 Å². The van der Waals surface area contributed by atoms with Crippen molar-refractivity contribution in [2.45, 2.75) is 20.8 Å². The van der Waals surface area contributed by atoms with Gasteiger partial charge in [-0.25, -0.2) is 0 Å². The largest absolute Gasteiger partial charge is 0.455 e. The van der Waals surface area contributed by atoms with Crippen molar-refractivity contribution >= 4 is 21.9 Å². The highest BCUT2D eigenvalue weighted by Gasteiger charge is 2.19. The van der Waals surface area contributed by atoms with Crippen molar-refractivity contribution in [3.8, 4) is 22.3 Å². The normalized spacial score (nSPS) is 11.4. The summed E-state index contributed by atoms with van der Waals surface area (Å²) in [5.74, 6) is 0. The number of para-hydroxylation sites is 1. The van der Waals surface area contributed by atoms with Gasteiger partial charge in [0, 0.05) is 16.3 Å². The maximum Gasteiger partial charge on any atom is 0.143 e. The molecule has 0 saturated carbocycles. The highest BCUT2D eigenvalue weighted by molar-refractivity contribution is 6.12. The van der Waals surface area contributed by atoms with E-state index in [0.717, 1.165) is 11.2 Å². The molecule has 136 valence electrons. The van der Waals surface area contributed by atoms with Crippen molar-refractivity contribution in [3.63, 3.8) is 0 Å². The summed E-state index contributed by atoms with van der Waals surface area (Å²) in [4.78, 5) is 0. The first-order valence-electron chi connectivity index (χ1n) is 9.71. The summed E-state index contributed by atoms with van der Waals surface area (Å²) in [7, 11) is 0. The quantitative estimate of drug-likeness (QED) is 0.312. The van der Waals surface area contributed by atoms with Gasteiger partial charge in [0.1, 0.15) is 11.2 Å². The summed E-state index contributed by atoms with van der Waals surface area (Å²) >= 11 is 0. The average Bonchev–Trinajstić information content (AvgIpc) is 3.06. The van der Waals surface area contributed by atoms with Crippen LogP contribution in [0, 0.1) is 20.8 Å². The Morgan fingerprint density at radius 2 is 1.43 bits per heavy atom. The predicted octanol–water partition coefficient (Wildman–Crippen LogP) is 7.85. The van der Waals surface area contributed by atoms with E-state index < -0.39 is 0 Å². The van der Waals surface area contributed by atoms with E-state index in [1.165, 1.54) is 49.7 Å². The number of rotatable bonds is 2. The monoisotopic (exact) mass is 362 g/mol. The van der Waals surface area contributed by atoms with Crippen molar-refractivity contribution in [1.82, 2.24) is 0 Å². The van der Waals surface area contributed by atoms with Gasteiger partial charge in [0.05, 0.1) is 0 Å². The number of benzene rings is 4. The zero-order valence-electron chi connectivity index (χ0n) is 16.4. The minimum absolute atomic E-state index is 0.938.